The van der Waals surface area contributed by atoms with E-state index in [9.17, 15) is 9.00 Å². The molecule has 9 heteroatoms. The monoisotopic (exact) mass is 444 g/mol. The van der Waals surface area contributed by atoms with E-state index in [1.165, 1.54) is 40.6 Å². The Morgan fingerprint density at radius 1 is 1.13 bits per heavy atom. The molecule has 1 unspecified atom stereocenters. The Morgan fingerprint density at radius 2 is 1.84 bits per heavy atom. The Balaban J connectivity index is 1.36. The van der Waals surface area contributed by atoms with E-state index in [0.717, 1.165) is 32.7 Å². The third-order valence-corrected chi connectivity index (χ3v) is 6.47. The highest BCUT2D eigenvalue weighted by Crippen LogP contribution is 2.27. The number of aryl methyl sites for hydroxylation is 1. The van der Waals surface area contributed by atoms with Crippen LogP contribution in [0.2, 0.25) is 0 Å². The van der Waals surface area contributed by atoms with Gasteiger partial charge in [0.1, 0.15) is 0 Å². The molecule has 3 heterocycles. The Labute approximate surface area is 185 Å². The first-order valence-corrected chi connectivity index (χ1v) is 12.9. The van der Waals surface area contributed by atoms with Gasteiger partial charge < -0.3 is 9.80 Å². The fourth-order valence-corrected chi connectivity index (χ4v) is 4.80. The summed E-state index contributed by atoms with van der Waals surface area (Å²) in [5, 5.41) is 4.20. The standard InChI is InChI=1S/C22H32N6O2S/c1-18-6-7-19(20(16-18)26-9-4-5-10-26)17-25-12-14-27(15-13-25)22(29)28-11-8-21(23-28)24-31(2,3)30/h6-8,11,16H,2,4-5,9-10,12-15,17H2,1,3H3,(H,23,24,30). The molecule has 1 amide bonds. The molecule has 2 aliphatic heterocycles. The molecule has 2 aliphatic rings. The van der Waals surface area contributed by atoms with Crippen LogP contribution >= 0.6 is 0 Å². The summed E-state index contributed by atoms with van der Waals surface area (Å²) in [6.45, 7) is 8.30. The van der Waals surface area contributed by atoms with Crippen molar-refractivity contribution in [2.75, 3.05) is 55.1 Å². The van der Waals surface area contributed by atoms with E-state index >= 15 is 0 Å². The molecule has 1 atom stereocenters. The Kier molecular flexibility index (Phi) is 6.24. The second-order valence-electron chi connectivity index (χ2n) is 8.62. The van der Waals surface area contributed by atoms with Gasteiger partial charge in [0.05, 0.1) is 0 Å². The van der Waals surface area contributed by atoms with Crippen molar-refractivity contribution < 1.29 is 9.00 Å². The average molecular weight is 445 g/mol. The molecule has 168 valence electrons. The summed E-state index contributed by atoms with van der Waals surface area (Å²) < 4.78 is 15.8. The van der Waals surface area contributed by atoms with E-state index in [-0.39, 0.29) is 6.03 Å². The van der Waals surface area contributed by atoms with Crippen molar-refractivity contribution in [3.05, 3.63) is 41.6 Å². The highest BCUT2D eigenvalue weighted by Gasteiger charge is 2.24. The van der Waals surface area contributed by atoms with Crippen molar-refractivity contribution in [3.63, 3.8) is 0 Å². The van der Waals surface area contributed by atoms with Crippen LogP contribution < -0.4 is 9.62 Å². The molecule has 2 aromatic rings. The molecular formula is C22H32N6O2S. The number of aromatic nitrogens is 2. The molecule has 0 spiro atoms. The molecule has 0 aliphatic carbocycles. The predicted octanol–water partition coefficient (Wildman–Crippen LogP) is 2.25. The lowest BCUT2D eigenvalue weighted by Crippen LogP contribution is -2.49. The minimum absolute atomic E-state index is 0.160. The maximum Gasteiger partial charge on any atom is 0.344 e. The smallest absolute Gasteiger partial charge is 0.344 e. The van der Waals surface area contributed by atoms with Crippen LogP contribution in [0.1, 0.15) is 24.0 Å². The van der Waals surface area contributed by atoms with Gasteiger partial charge in [-0.2, -0.15) is 4.68 Å². The molecule has 2 saturated heterocycles. The van der Waals surface area contributed by atoms with Crippen LogP contribution in [-0.2, 0) is 16.3 Å². The number of carbonyl (C=O) groups is 1. The zero-order valence-electron chi connectivity index (χ0n) is 18.4. The van der Waals surface area contributed by atoms with Crippen LogP contribution in [0.5, 0.6) is 0 Å². The topological polar surface area (TPSA) is 73.7 Å². The molecule has 1 N–H and O–H groups in total. The van der Waals surface area contributed by atoms with Crippen molar-refractivity contribution in [1.29, 1.82) is 0 Å². The summed E-state index contributed by atoms with van der Waals surface area (Å²) in [5.41, 5.74) is 4.03. The summed E-state index contributed by atoms with van der Waals surface area (Å²) in [4.78, 5) is 19.5. The number of rotatable bonds is 5. The number of nitrogens with zero attached hydrogens (tertiary/aromatic N) is 5. The number of carbonyl (C=O) groups excluding carboxylic acids is 1. The summed E-state index contributed by atoms with van der Waals surface area (Å²) in [5.74, 6) is 3.94. The number of hydrogen-bond acceptors (Lipinski definition) is 5. The number of amides is 1. The number of anilines is 2. The lowest BCUT2D eigenvalue weighted by molar-refractivity contribution is 0.134. The van der Waals surface area contributed by atoms with Crippen molar-refractivity contribution in [2.45, 2.75) is 26.3 Å². The first-order chi connectivity index (χ1) is 14.8. The first-order valence-electron chi connectivity index (χ1n) is 10.8. The second kappa shape index (κ2) is 8.92. The first kappa shape index (κ1) is 21.7. The van der Waals surface area contributed by atoms with Gasteiger partial charge in [0.25, 0.3) is 0 Å². The highest BCUT2D eigenvalue weighted by atomic mass is 32.2. The Bertz CT molecular complexity index is 1030. The molecule has 8 nitrogen and oxygen atoms in total. The molecule has 2 fully saturated rings. The highest BCUT2D eigenvalue weighted by molar-refractivity contribution is 8.00. The molecule has 1 aromatic carbocycles. The van der Waals surface area contributed by atoms with Gasteiger partial charge in [0.2, 0.25) is 0 Å². The van der Waals surface area contributed by atoms with E-state index in [1.807, 2.05) is 4.90 Å². The van der Waals surface area contributed by atoms with Crippen LogP contribution in [0.25, 0.3) is 0 Å². The number of piperazine rings is 1. The van der Waals surface area contributed by atoms with E-state index in [4.69, 9.17) is 0 Å². The number of nitrogens with one attached hydrogen (secondary N) is 1. The molecule has 1 aromatic heterocycles. The fraction of sp³-hybridized carbons (Fsp3) is 0.500. The van der Waals surface area contributed by atoms with Crippen LogP contribution in [0.4, 0.5) is 16.3 Å². The van der Waals surface area contributed by atoms with Gasteiger partial charge in [-0.25, -0.2) is 9.00 Å². The molecule has 31 heavy (non-hydrogen) atoms. The van der Waals surface area contributed by atoms with Gasteiger partial charge in [-0.1, -0.05) is 12.1 Å². The second-order valence-corrected chi connectivity index (χ2v) is 10.8. The maximum atomic E-state index is 12.8. The third-order valence-electron chi connectivity index (χ3n) is 5.83. The molecule has 0 radical (unpaired) electrons. The van der Waals surface area contributed by atoms with Crippen molar-refractivity contribution >= 4 is 33.1 Å². The Morgan fingerprint density at radius 3 is 2.52 bits per heavy atom. The van der Waals surface area contributed by atoms with Crippen LogP contribution in [0.15, 0.2) is 30.5 Å². The van der Waals surface area contributed by atoms with Crippen LogP contribution in [0.3, 0.4) is 0 Å². The van der Waals surface area contributed by atoms with E-state index in [1.54, 1.807) is 12.3 Å². The van der Waals surface area contributed by atoms with Crippen LogP contribution in [0, 0.1) is 6.92 Å². The van der Waals surface area contributed by atoms with Crippen molar-refractivity contribution in [2.24, 2.45) is 0 Å². The van der Waals surface area contributed by atoms with E-state index in [2.05, 4.69) is 50.6 Å². The lowest BCUT2D eigenvalue weighted by atomic mass is 10.1. The summed E-state index contributed by atoms with van der Waals surface area (Å²) >= 11 is 0. The van der Waals surface area contributed by atoms with Gasteiger partial charge in [0, 0.05) is 79.7 Å². The maximum absolute atomic E-state index is 12.8. The summed E-state index contributed by atoms with van der Waals surface area (Å²) in [7, 11) is -2.42. The van der Waals surface area contributed by atoms with Crippen LogP contribution in [-0.4, -0.2) is 81.2 Å². The van der Waals surface area contributed by atoms with E-state index < -0.39 is 9.71 Å². The predicted molar refractivity (Wildman–Crippen MR) is 127 cm³/mol. The Hall–Kier alpha value is -2.52. The average Bonchev–Trinajstić information content (AvgIpc) is 3.40. The van der Waals surface area contributed by atoms with Gasteiger partial charge >= 0.3 is 6.03 Å². The van der Waals surface area contributed by atoms with Crippen molar-refractivity contribution in [3.8, 4) is 0 Å². The normalized spacial score (nSPS) is 19.4. The number of hydrogen-bond donors (Lipinski definition) is 1. The van der Waals surface area contributed by atoms with Gasteiger partial charge in [-0.3, -0.25) is 9.62 Å². The molecule has 0 bridgehead atoms. The quantitative estimate of drug-likeness (QED) is 0.716. The largest absolute Gasteiger partial charge is 0.371 e. The minimum atomic E-state index is -2.42. The zero-order chi connectivity index (χ0) is 22.0. The van der Waals surface area contributed by atoms with Crippen molar-refractivity contribution in [1.82, 2.24) is 19.6 Å². The summed E-state index contributed by atoms with van der Waals surface area (Å²) in [6.07, 6.45) is 5.62. The summed E-state index contributed by atoms with van der Waals surface area (Å²) in [6, 6.07) is 8.24. The van der Waals surface area contributed by atoms with Gasteiger partial charge in [0.15, 0.2) is 5.82 Å². The minimum Gasteiger partial charge on any atom is -0.371 e. The SMILES string of the molecule is C=S(C)(=O)Nc1ccn(C(=O)N2CCN(Cc3ccc(C)cc3N3CCCC3)CC2)n1. The van der Waals surface area contributed by atoms with Gasteiger partial charge in [-0.05, 0) is 42.8 Å². The van der Waals surface area contributed by atoms with E-state index in [0.29, 0.717) is 18.9 Å². The lowest BCUT2D eigenvalue weighted by Gasteiger charge is -2.35. The number of benzene rings is 1. The van der Waals surface area contributed by atoms with Gasteiger partial charge in [-0.15, -0.1) is 5.10 Å². The molecule has 0 saturated carbocycles. The fourth-order valence-electron chi connectivity index (χ4n) is 4.25. The molecule has 4 rings (SSSR count). The molecular weight excluding hydrogens is 412 g/mol. The third kappa shape index (κ3) is 5.40. The zero-order valence-corrected chi connectivity index (χ0v) is 19.2.